The highest BCUT2D eigenvalue weighted by Crippen LogP contribution is 2.27. The van der Waals surface area contributed by atoms with Gasteiger partial charge in [0.05, 0.1) is 18.9 Å². The molecule has 1 aliphatic heterocycles. The zero-order chi connectivity index (χ0) is 16.4. The van der Waals surface area contributed by atoms with Crippen LogP contribution in [0.15, 0.2) is 48.8 Å². The van der Waals surface area contributed by atoms with Gasteiger partial charge in [0.25, 0.3) is 5.95 Å². The van der Waals surface area contributed by atoms with Crippen molar-refractivity contribution >= 4 is 5.82 Å². The molecule has 122 valence electrons. The molecule has 1 aliphatic rings. The molecule has 1 aromatic carbocycles. The number of morpholine rings is 1. The van der Waals surface area contributed by atoms with E-state index in [-0.39, 0.29) is 5.75 Å². The Bertz CT molecular complexity index is 842. The number of para-hydroxylation sites is 1. The van der Waals surface area contributed by atoms with Gasteiger partial charge in [0.1, 0.15) is 11.6 Å². The molecule has 7 nitrogen and oxygen atoms in total. The topological polar surface area (TPSA) is 76.3 Å². The van der Waals surface area contributed by atoms with Crippen molar-refractivity contribution in [2.75, 3.05) is 31.2 Å². The van der Waals surface area contributed by atoms with Crippen LogP contribution in [-0.2, 0) is 4.74 Å². The van der Waals surface area contributed by atoms with Gasteiger partial charge in [-0.05, 0) is 24.3 Å². The molecule has 1 saturated heterocycles. The summed E-state index contributed by atoms with van der Waals surface area (Å²) in [4.78, 5) is 11.1. The lowest BCUT2D eigenvalue weighted by Crippen LogP contribution is -2.36. The summed E-state index contributed by atoms with van der Waals surface area (Å²) in [5.74, 6) is 1.56. The molecule has 0 aliphatic carbocycles. The molecule has 0 bridgehead atoms. The second-order valence-corrected chi connectivity index (χ2v) is 5.48. The van der Waals surface area contributed by atoms with Crippen LogP contribution in [0.3, 0.4) is 0 Å². The third-order valence-electron chi connectivity index (χ3n) is 3.94. The predicted molar refractivity (Wildman–Crippen MR) is 89.3 cm³/mol. The van der Waals surface area contributed by atoms with E-state index in [0.29, 0.717) is 30.4 Å². The third-order valence-corrected chi connectivity index (χ3v) is 3.94. The highest BCUT2D eigenvalue weighted by Gasteiger charge is 2.14. The Morgan fingerprint density at radius 1 is 1.04 bits per heavy atom. The van der Waals surface area contributed by atoms with Gasteiger partial charge >= 0.3 is 0 Å². The summed E-state index contributed by atoms with van der Waals surface area (Å²) in [6.07, 6.45) is 3.52. The van der Waals surface area contributed by atoms with E-state index in [0.717, 1.165) is 18.9 Å². The Labute approximate surface area is 139 Å². The molecule has 3 heterocycles. The molecule has 1 N–H and O–H groups in total. The number of aromatic nitrogens is 4. The van der Waals surface area contributed by atoms with E-state index in [1.165, 1.54) is 0 Å². The lowest BCUT2D eigenvalue weighted by molar-refractivity contribution is 0.122. The van der Waals surface area contributed by atoms with Crippen LogP contribution in [0, 0.1) is 0 Å². The normalized spacial score (nSPS) is 14.8. The Morgan fingerprint density at radius 2 is 1.88 bits per heavy atom. The van der Waals surface area contributed by atoms with Crippen LogP contribution in [0.25, 0.3) is 17.2 Å². The molecule has 0 amide bonds. The van der Waals surface area contributed by atoms with Gasteiger partial charge in [-0.15, -0.1) is 0 Å². The molecular weight excluding hydrogens is 306 g/mol. The van der Waals surface area contributed by atoms with Crippen molar-refractivity contribution in [1.29, 1.82) is 0 Å². The lowest BCUT2D eigenvalue weighted by atomic mass is 10.1. The van der Waals surface area contributed by atoms with Crippen LogP contribution in [0.4, 0.5) is 5.82 Å². The van der Waals surface area contributed by atoms with E-state index >= 15 is 0 Å². The number of aromatic hydroxyl groups is 1. The molecule has 0 unspecified atom stereocenters. The van der Waals surface area contributed by atoms with Crippen molar-refractivity contribution in [2.24, 2.45) is 0 Å². The van der Waals surface area contributed by atoms with Crippen molar-refractivity contribution in [2.45, 2.75) is 0 Å². The monoisotopic (exact) mass is 323 g/mol. The molecule has 0 spiro atoms. The van der Waals surface area contributed by atoms with Gasteiger partial charge < -0.3 is 14.7 Å². The van der Waals surface area contributed by atoms with E-state index < -0.39 is 0 Å². The van der Waals surface area contributed by atoms with Crippen LogP contribution in [0.5, 0.6) is 5.75 Å². The minimum atomic E-state index is 0.200. The maximum atomic E-state index is 9.96. The SMILES string of the molecule is Oc1ccccc1-c1ccn(-c2nccc(N3CCOCC3)n2)n1. The quantitative estimate of drug-likeness (QED) is 0.793. The molecule has 24 heavy (non-hydrogen) atoms. The Morgan fingerprint density at radius 3 is 2.71 bits per heavy atom. The largest absolute Gasteiger partial charge is 0.507 e. The van der Waals surface area contributed by atoms with Crippen molar-refractivity contribution in [3.05, 3.63) is 48.8 Å². The summed E-state index contributed by atoms with van der Waals surface area (Å²) in [5.41, 5.74) is 1.36. The number of phenols is 1. The average molecular weight is 323 g/mol. The summed E-state index contributed by atoms with van der Waals surface area (Å²) in [7, 11) is 0. The number of hydrogen-bond acceptors (Lipinski definition) is 6. The van der Waals surface area contributed by atoms with E-state index in [2.05, 4.69) is 20.0 Å². The summed E-state index contributed by atoms with van der Waals surface area (Å²) >= 11 is 0. The minimum absolute atomic E-state index is 0.200. The molecule has 0 atom stereocenters. The fourth-order valence-electron chi connectivity index (χ4n) is 2.69. The van der Waals surface area contributed by atoms with Crippen LogP contribution in [0.2, 0.25) is 0 Å². The molecule has 2 aromatic heterocycles. The van der Waals surface area contributed by atoms with Gasteiger partial charge in [0, 0.05) is 31.0 Å². The highest BCUT2D eigenvalue weighted by molar-refractivity contribution is 5.66. The number of anilines is 1. The number of nitrogens with zero attached hydrogens (tertiary/aromatic N) is 5. The van der Waals surface area contributed by atoms with E-state index in [1.54, 1.807) is 29.2 Å². The van der Waals surface area contributed by atoms with Gasteiger partial charge in [-0.2, -0.15) is 10.1 Å². The zero-order valence-electron chi connectivity index (χ0n) is 13.0. The fourth-order valence-corrected chi connectivity index (χ4v) is 2.69. The maximum absolute atomic E-state index is 9.96. The summed E-state index contributed by atoms with van der Waals surface area (Å²) < 4.78 is 6.99. The van der Waals surface area contributed by atoms with Gasteiger partial charge in [-0.3, -0.25) is 0 Å². The number of ether oxygens (including phenoxy) is 1. The van der Waals surface area contributed by atoms with Crippen molar-refractivity contribution in [1.82, 2.24) is 19.7 Å². The number of phenolic OH excluding ortho intramolecular Hbond substituents is 1. The zero-order valence-corrected chi connectivity index (χ0v) is 13.0. The van der Waals surface area contributed by atoms with Gasteiger partial charge in [-0.1, -0.05) is 12.1 Å². The first kappa shape index (κ1) is 14.6. The van der Waals surface area contributed by atoms with E-state index in [1.807, 2.05) is 24.3 Å². The molecular formula is C17H17N5O2. The third kappa shape index (κ3) is 2.81. The Balaban J connectivity index is 1.64. The summed E-state index contributed by atoms with van der Waals surface area (Å²) in [5, 5.41) is 14.4. The van der Waals surface area contributed by atoms with E-state index in [9.17, 15) is 5.11 Å². The summed E-state index contributed by atoms with van der Waals surface area (Å²) in [6.45, 7) is 3.05. The smallest absolute Gasteiger partial charge is 0.252 e. The first-order chi connectivity index (χ1) is 11.8. The minimum Gasteiger partial charge on any atom is -0.507 e. The van der Waals surface area contributed by atoms with Crippen LogP contribution in [0.1, 0.15) is 0 Å². The van der Waals surface area contributed by atoms with Crippen LogP contribution < -0.4 is 4.90 Å². The number of benzene rings is 1. The van der Waals surface area contributed by atoms with Crippen LogP contribution in [-0.4, -0.2) is 51.2 Å². The van der Waals surface area contributed by atoms with Gasteiger partial charge in [0.2, 0.25) is 0 Å². The second-order valence-electron chi connectivity index (χ2n) is 5.48. The Hall–Kier alpha value is -2.93. The van der Waals surface area contributed by atoms with E-state index in [4.69, 9.17) is 4.74 Å². The number of hydrogen-bond donors (Lipinski definition) is 1. The molecule has 3 aromatic rings. The standard InChI is InChI=1S/C17H17N5O2/c23-15-4-2-1-3-13(15)14-6-8-22(20-14)17-18-7-5-16(19-17)21-9-11-24-12-10-21/h1-8,23H,9-12H2. The first-order valence-corrected chi connectivity index (χ1v) is 7.81. The van der Waals surface area contributed by atoms with Gasteiger partial charge in [0.15, 0.2) is 0 Å². The number of rotatable bonds is 3. The predicted octanol–water partition coefficient (Wildman–Crippen LogP) is 1.87. The van der Waals surface area contributed by atoms with Crippen molar-refractivity contribution in [3.8, 4) is 23.0 Å². The van der Waals surface area contributed by atoms with Gasteiger partial charge in [-0.25, -0.2) is 9.67 Å². The Kier molecular flexibility index (Phi) is 3.84. The van der Waals surface area contributed by atoms with Crippen LogP contribution >= 0.6 is 0 Å². The van der Waals surface area contributed by atoms with Crippen molar-refractivity contribution in [3.63, 3.8) is 0 Å². The average Bonchev–Trinajstić information content (AvgIpc) is 3.13. The molecule has 7 heteroatoms. The molecule has 1 fully saturated rings. The highest BCUT2D eigenvalue weighted by atomic mass is 16.5. The lowest BCUT2D eigenvalue weighted by Gasteiger charge is -2.27. The van der Waals surface area contributed by atoms with Crippen molar-refractivity contribution < 1.29 is 9.84 Å². The first-order valence-electron chi connectivity index (χ1n) is 7.81. The summed E-state index contributed by atoms with van der Waals surface area (Å²) in [6, 6.07) is 10.8. The second kappa shape index (κ2) is 6.29. The molecule has 0 saturated carbocycles. The molecule has 4 rings (SSSR count). The fraction of sp³-hybridized carbons (Fsp3) is 0.235. The molecule has 0 radical (unpaired) electrons. The maximum Gasteiger partial charge on any atom is 0.252 e.